The molecule has 158 valence electrons. The van der Waals surface area contributed by atoms with Gasteiger partial charge in [0.05, 0.1) is 20.3 Å². The van der Waals surface area contributed by atoms with Crippen molar-refractivity contribution in [3.8, 4) is 5.75 Å². The van der Waals surface area contributed by atoms with Gasteiger partial charge < -0.3 is 14.8 Å². The first-order chi connectivity index (χ1) is 12.3. The van der Waals surface area contributed by atoms with Crippen LogP contribution in [0.25, 0.3) is 0 Å². The Morgan fingerprint density at radius 3 is 2.44 bits per heavy atom. The molecule has 0 bridgehead atoms. The number of rotatable bonds is 12. The van der Waals surface area contributed by atoms with E-state index < -0.39 is 0 Å². The summed E-state index contributed by atoms with van der Waals surface area (Å²) in [6.07, 6.45) is 8.09. The highest BCUT2D eigenvalue weighted by Gasteiger charge is 2.13. The molecule has 0 radical (unpaired) electrons. The van der Waals surface area contributed by atoms with Crippen molar-refractivity contribution in [1.29, 1.82) is 0 Å². The number of morpholine rings is 1. The average Bonchev–Trinajstić information content (AvgIpc) is 2.65. The molecule has 1 aliphatic rings. The summed E-state index contributed by atoms with van der Waals surface area (Å²) < 4.78 is 11.0. The highest BCUT2D eigenvalue weighted by atomic mass is 35.5. The normalized spacial score (nSPS) is 14.3. The van der Waals surface area contributed by atoms with Crippen LogP contribution in [0.1, 0.15) is 56.6 Å². The quantitative estimate of drug-likeness (QED) is 0.491. The van der Waals surface area contributed by atoms with Crippen LogP contribution in [0.3, 0.4) is 0 Å². The Kier molecular flexibility index (Phi) is 16.1. The Morgan fingerprint density at radius 2 is 1.74 bits per heavy atom. The number of nitrogens with zero attached hydrogens (tertiary/aromatic N) is 1. The molecule has 1 aliphatic heterocycles. The van der Waals surface area contributed by atoms with Crippen molar-refractivity contribution < 1.29 is 9.47 Å². The molecule has 1 saturated heterocycles. The molecule has 0 amide bonds. The van der Waals surface area contributed by atoms with Gasteiger partial charge in [0, 0.05) is 31.7 Å². The molecule has 0 saturated carbocycles. The van der Waals surface area contributed by atoms with Crippen LogP contribution in [-0.4, -0.2) is 44.9 Å². The van der Waals surface area contributed by atoms with E-state index in [4.69, 9.17) is 9.47 Å². The van der Waals surface area contributed by atoms with Crippen LogP contribution >= 0.6 is 24.8 Å². The summed E-state index contributed by atoms with van der Waals surface area (Å²) in [5, 5.41) is 3.59. The highest BCUT2D eigenvalue weighted by Crippen LogP contribution is 2.22. The number of hydrogen-bond acceptors (Lipinski definition) is 4. The molecule has 2 rings (SSSR count). The highest BCUT2D eigenvalue weighted by molar-refractivity contribution is 5.85. The van der Waals surface area contributed by atoms with Crippen molar-refractivity contribution in [3.63, 3.8) is 0 Å². The van der Waals surface area contributed by atoms with Crippen LogP contribution in [-0.2, 0) is 17.8 Å². The SMILES string of the molecule is CCCCCCCCNCc1ccc(OC)c(CN2CCOCC2)c1.Cl.Cl. The Balaban J connectivity index is 0.00000338. The molecule has 4 nitrogen and oxygen atoms in total. The lowest BCUT2D eigenvalue weighted by Gasteiger charge is -2.27. The standard InChI is InChI=1S/C21H36N2O2.2ClH/c1-3-4-5-6-7-8-11-22-17-19-9-10-21(24-2)20(16-19)18-23-12-14-25-15-13-23;;/h9-10,16,22H,3-8,11-15,17-18H2,1-2H3;2*1H. The van der Waals surface area contributed by atoms with Gasteiger partial charge in [-0.05, 0) is 30.7 Å². The summed E-state index contributed by atoms with van der Waals surface area (Å²) in [5.74, 6) is 0.992. The van der Waals surface area contributed by atoms with Crippen molar-refractivity contribution in [3.05, 3.63) is 29.3 Å². The van der Waals surface area contributed by atoms with E-state index in [0.717, 1.165) is 51.7 Å². The van der Waals surface area contributed by atoms with Gasteiger partial charge in [0.25, 0.3) is 0 Å². The monoisotopic (exact) mass is 420 g/mol. The molecule has 6 heteroatoms. The van der Waals surface area contributed by atoms with Crippen LogP contribution in [0.15, 0.2) is 18.2 Å². The second-order valence-corrected chi connectivity index (χ2v) is 6.98. The second-order valence-electron chi connectivity index (χ2n) is 6.98. The fourth-order valence-electron chi connectivity index (χ4n) is 3.33. The Hall–Kier alpha value is -0.520. The van der Waals surface area contributed by atoms with E-state index >= 15 is 0 Å². The second kappa shape index (κ2) is 16.4. The molecule has 0 spiro atoms. The smallest absolute Gasteiger partial charge is 0.123 e. The maximum Gasteiger partial charge on any atom is 0.123 e. The maximum atomic E-state index is 5.55. The van der Waals surface area contributed by atoms with E-state index in [9.17, 15) is 0 Å². The molecular formula is C21H38Cl2N2O2. The van der Waals surface area contributed by atoms with Crippen molar-refractivity contribution in [1.82, 2.24) is 10.2 Å². The predicted octanol–water partition coefficient (Wildman–Crippen LogP) is 4.82. The summed E-state index contributed by atoms with van der Waals surface area (Å²) in [7, 11) is 1.76. The number of unbranched alkanes of at least 4 members (excludes halogenated alkanes) is 5. The molecule has 1 heterocycles. The van der Waals surface area contributed by atoms with E-state index in [-0.39, 0.29) is 24.8 Å². The van der Waals surface area contributed by atoms with E-state index in [1.165, 1.54) is 49.7 Å². The molecule has 1 aromatic rings. The first-order valence-corrected chi connectivity index (χ1v) is 10.00. The lowest BCUT2D eigenvalue weighted by Crippen LogP contribution is -2.35. The van der Waals surface area contributed by atoms with Gasteiger partial charge in [0.15, 0.2) is 0 Å². The molecule has 1 N–H and O–H groups in total. The van der Waals surface area contributed by atoms with Crippen LogP contribution < -0.4 is 10.1 Å². The number of hydrogen-bond donors (Lipinski definition) is 1. The minimum absolute atomic E-state index is 0. The summed E-state index contributed by atoms with van der Waals surface area (Å²) in [5.41, 5.74) is 2.62. The summed E-state index contributed by atoms with van der Waals surface area (Å²) in [6, 6.07) is 6.58. The molecule has 0 unspecified atom stereocenters. The largest absolute Gasteiger partial charge is 0.496 e. The Morgan fingerprint density at radius 1 is 1.04 bits per heavy atom. The van der Waals surface area contributed by atoms with Gasteiger partial charge in [-0.25, -0.2) is 0 Å². The molecule has 0 atom stereocenters. The third kappa shape index (κ3) is 10.6. The third-order valence-electron chi connectivity index (χ3n) is 4.88. The minimum atomic E-state index is 0. The molecule has 0 aliphatic carbocycles. The van der Waals surface area contributed by atoms with Crippen LogP contribution in [0, 0.1) is 0 Å². The Bertz CT molecular complexity index is 483. The maximum absolute atomic E-state index is 5.55. The van der Waals surface area contributed by atoms with Crippen molar-refractivity contribution in [2.75, 3.05) is 40.0 Å². The number of nitrogens with one attached hydrogen (secondary N) is 1. The van der Waals surface area contributed by atoms with Crippen LogP contribution in [0.4, 0.5) is 0 Å². The summed E-state index contributed by atoms with van der Waals surface area (Å²) in [6.45, 7) is 8.94. The third-order valence-corrected chi connectivity index (χ3v) is 4.88. The zero-order chi connectivity index (χ0) is 17.7. The van der Waals surface area contributed by atoms with Gasteiger partial charge in [-0.2, -0.15) is 0 Å². The molecule has 27 heavy (non-hydrogen) atoms. The number of methoxy groups -OCH3 is 1. The van der Waals surface area contributed by atoms with Crippen molar-refractivity contribution in [2.45, 2.75) is 58.5 Å². The zero-order valence-corrected chi connectivity index (χ0v) is 18.6. The zero-order valence-electron chi connectivity index (χ0n) is 17.0. The van der Waals surface area contributed by atoms with Gasteiger partial charge in [-0.3, -0.25) is 4.90 Å². The molecule has 0 aromatic heterocycles. The first-order valence-electron chi connectivity index (χ1n) is 10.00. The number of halogens is 2. The van der Waals surface area contributed by atoms with E-state index in [1.54, 1.807) is 7.11 Å². The van der Waals surface area contributed by atoms with E-state index in [1.807, 2.05) is 0 Å². The molecule has 1 aromatic carbocycles. The van der Waals surface area contributed by atoms with Crippen LogP contribution in [0.5, 0.6) is 5.75 Å². The minimum Gasteiger partial charge on any atom is -0.496 e. The van der Waals surface area contributed by atoms with Gasteiger partial charge in [0.2, 0.25) is 0 Å². The van der Waals surface area contributed by atoms with Gasteiger partial charge in [-0.15, -0.1) is 24.8 Å². The number of ether oxygens (including phenoxy) is 2. The van der Waals surface area contributed by atoms with Crippen LogP contribution in [0.2, 0.25) is 0 Å². The van der Waals surface area contributed by atoms with E-state index in [2.05, 4.69) is 35.3 Å². The van der Waals surface area contributed by atoms with Gasteiger partial charge in [-0.1, -0.05) is 45.1 Å². The van der Waals surface area contributed by atoms with Crippen molar-refractivity contribution in [2.24, 2.45) is 0 Å². The first kappa shape index (κ1) is 26.5. The Labute approximate surface area is 178 Å². The predicted molar refractivity (Wildman–Crippen MR) is 119 cm³/mol. The fourth-order valence-corrected chi connectivity index (χ4v) is 3.33. The molecule has 1 fully saturated rings. The fraction of sp³-hybridized carbons (Fsp3) is 0.714. The van der Waals surface area contributed by atoms with Gasteiger partial charge in [0.1, 0.15) is 5.75 Å². The lowest BCUT2D eigenvalue weighted by atomic mass is 10.1. The molecular weight excluding hydrogens is 383 g/mol. The van der Waals surface area contributed by atoms with Gasteiger partial charge >= 0.3 is 0 Å². The van der Waals surface area contributed by atoms with Crippen molar-refractivity contribution >= 4 is 24.8 Å². The van der Waals surface area contributed by atoms with E-state index in [0.29, 0.717) is 0 Å². The lowest BCUT2D eigenvalue weighted by molar-refractivity contribution is 0.0339. The number of benzene rings is 1. The topological polar surface area (TPSA) is 33.7 Å². The summed E-state index contributed by atoms with van der Waals surface area (Å²) in [4.78, 5) is 2.44. The average molecular weight is 421 g/mol. The summed E-state index contributed by atoms with van der Waals surface area (Å²) >= 11 is 0.